The number of hydrogen-bond acceptors (Lipinski definition) is 4. The average Bonchev–Trinajstić information content (AvgIpc) is 3.40. The number of hydrogen-bond donors (Lipinski definition) is 0. The van der Waals surface area contributed by atoms with Crippen LogP contribution in [-0.2, 0) is 11.3 Å². The van der Waals surface area contributed by atoms with Crippen molar-refractivity contribution in [1.82, 2.24) is 14.5 Å². The van der Waals surface area contributed by atoms with Gasteiger partial charge in [0.15, 0.2) is 11.6 Å². The van der Waals surface area contributed by atoms with Gasteiger partial charge >= 0.3 is 0 Å². The zero-order valence-electron chi connectivity index (χ0n) is 17.6. The van der Waals surface area contributed by atoms with Crippen LogP contribution in [0, 0.1) is 11.7 Å². The lowest BCUT2D eigenvalue weighted by atomic mass is 10.0. The van der Waals surface area contributed by atoms with Crippen molar-refractivity contribution >= 4 is 0 Å². The number of imidazole rings is 1. The van der Waals surface area contributed by atoms with Crippen LogP contribution < -0.4 is 4.74 Å². The van der Waals surface area contributed by atoms with Crippen molar-refractivity contribution < 1.29 is 13.9 Å². The topological polar surface area (TPSA) is 39.5 Å². The molecule has 1 saturated heterocycles. The molecule has 0 aliphatic carbocycles. The Kier molecular flexibility index (Phi) is 6.45. The first-order valence-electron chi connectivity index (χ1n) is 10.4. The molecule has 1 aliphatic rings. The summed E-state index contributed by atoms with van der Waals surface area (Å²) >= 11 is 0. The molecule has 0 amide bonds. The van der Waals surface area contributed by atoms with Crippen molar-refractivity contribution in [3.05, 3.63) is 60.7 Å². The van der Waals surface area contributed by atoms with Crippen molar-refractivity contribution in [3.8, 4) is 28.3 Å². The highest BCUT2D eigenvalue weighted by Gasteiger charge is 2.25. The number of halogens is 1. The van der Waals surface area contributed by atoms with Crippen molar-refractivity contribution in [3.63, 3.8) is 0 Å². The highest BCUT2D eigenvalue weighted by Crippen LogP contribution is 2.34. The van der Waals surface area contributed by atoms with E-state index in [4.69, 9.17) is 14.5 Å². The Labute approximate surface area is 177 Å². The third-order valence-corrected chi connectivity index (χ3v) is 5.75. The number of nitrogens with zero attached hydrogens (tertiary/aromatic N) is 3. The van der Waals surface area contributed by atoms with Crippen LogP contribution in [0.4, 0.5) is 4.39 Å². The van der Waals surface area contributed by atoms with Gasteiger partial charge in [0.05, 0.1) is 31.4 Å². The lowest BCUT2D eigenvalue weighted by molar-refractivity contribution is 0.158. The Morgan fingerprint density at radius 3 is 2.67 bits per heavy atom. The molecule has 4 rings (SSSR count). The Morgan fingerprint density at radius 2 is 1.93 bits per heavy atom. The number of ether oxygens (including phenoxy) is 2. The molecule has 0 bridgehead atoms. The van der Waals surface area contributed by atoms with Crippen LogP contribution in [0.15, 0.2) is 54.9 Å². The van der Waals surface area contributed by atoms with Gasteiger partial charge in [-0.2, -0.15) is 0 Å². The van der Waals surface area contributed by atoms with E-state index in [0.717, 1.165) is 61.7 Å². The maximum atomic E-state index is 14.5. The number of aromatic nitrogens is 2. The smallest absolute Gasteiger partial charge is 0.165 e. The lowest BCUT2D eigenvalue weighted by Gasteiger charge is -2.17. The largest absolute Gasteiger partial charge is 0.494 e. The summed E-state index contributed by atoms with van der Waals surface area (Å²) in [6, 6.07) is 15.2. The van der Waals surface area contributed by atoms with Crippen molar-refractivity contribution in [2.75, 3.05) is 40.5 Å². The number of methoxy groups -OCH3 is 2. The fourth-order valence-corrected chi connectivity index (χ4v) is 4.21. The monoisotopic (exact) mass is 409 g/mol. The van der Waals surface area contributed by atoms with Gasteiger partial charge in [0.1, 0.15) is 0 Å². The molecule has 2 aromatic carbocycles. The van der Waals surface area contributed by atoms with Gasteiger partial charge in [0.25, 0.3) is 0 Å². The SMILES string of the molecule is COCCN1CC[C@H](Cn2cnc(-c3ccccc3)c2-c2ccc(OC)c(F)c2)C1. The first-order chi connectivity index (χ1) is 14.7. The van der Waals surface area contributed by atoms with Crippen molar-refractivity contribution in [2.45, 2.75) is 13.0 Å². The summed E-state index contributed by atoms with van der Waals surface area (Å²) in [7, 11) is 3.22. The van der Waals surface area contributed by atoms with Crippen LogP contribution in [0.1, 0.15) is 6.42 Å². The summed E-state index contributed by atoms with van der Waals surface area (Å²) in [6.07, 6.45) is 3.02. The zero-order chi connectivity index (χ0) is 20.9. The Balaban J connectivity index is 1.66. The Hall–Kier alpha value is -2.70. The van der Waals surface area contributed by atoms with Gasteiger partial charge in [-0.15, -0.1) is 0 Å². The minimum atomic E-state index is -0.367. The van der Waals surface area contributed by atoms with Crippen LogP contribution in [0.5, 0.6) is 5.75 Å². The second-order valence-corrected chi connectivity index (χ2v) is 7.76. The maximum absolute atomic E-state index is 14.5. The van der Waals surface area contributed by atoms with Gasteiger partial charge in [-0.25, -0.2) is 9.37 Å². The summed E-state index contributed by atoms with van der Waals surface area (Å²) in [5, 5.41) is 0. The lowest BCUT2D eigenvalue weighted by Crippen LogP contribution is -2.25. The van der Waals surface area contributed by atoms with Crippen LogP contribution >= 0.6 is 0 Å². The molecule has 1 atom stereocenters. The standard InChI is InChI=1S/C24H28FN3O2/c1-29-13-12-27-11-10-18(15-27)16-28-17-26-23(19-6-4-3-5-7-19)24(28)20-8-9-22(30-2)21(25)14-20/h3-9,14,17-18H,10-13,15-16H2,1-2H3/t18-/m0/s1. The second-order valence-electron chi connectivity index (χ2n) is 7.76. The van der Waals surface area contributed by atoms with Gasteiger partial charge in [-0.05, 0) is 37.1 Å². The maximum Gasteiger partial charge on any atom is 0.165 e. The molecular formula is C24H28FN3O2. The van der Waals surface area contributed by atoms with Gasteiger partial charge < -0.3 is 18.9 Å². The Bertz CT molecular complexity index is 974. The summed E-state index contributed by atoms with van der Waals surface area (Å²) < 4.78 is 27.0. The minimum absolute atomic E-state index is 0.246. The van der Waals surface area contributed by atoms with E-state index in [-0.39, 0.29) is 11.6 Å². The molecule has 1 aromatic heterocycles. The number of rotatable bonds is 8. The quantitative estimate of drug-likeness (QED) is 0.555. The molecule has 158 valence electrons. The normalized spacial score (nSPS) is 16.8. The molecule has 0 radical (unpaired) electrons. The highest BCUT2D eigenvalue weighted by molar-refractivity contribution is 5.78. The minimum Gasteiger partial charge on any atom is -0.494 e. The van der Waals surface area contributed by atoms with Gasteiger partial charge in [-0.3, -0.25) is 0 Å². The van der Waals surface area contributed by atoms with Gasteiger partial charge in [0.2, 0.25) is 0 Å². The summed E-state index contributed by atoms with van der Waals surface area (Å²) in [5.41, 5.74) is 3.64. The number of likely N-dealkylation sites (tertiary alicyclic amines) is 1. The van der Waals surface area contributed by atoms with E-state index in [1.807, 2.05) is 42.7 Å². The third kappa shape index (κ3) is 4.40. The molecule has 30 heavy (non-hydrogen) atoms. The molecule has 2 heterocycles. The van der Waals surface area contributed by atoms with Crippen LogP contribution in [0.25, 0.3) is 22.5 Å². The second kappa shape index (κ2) is 9.41. The first-order valence-corrected chi connectivity index (χ1v) is 10.4. The molecule has 0 saturated carbocycles. The van der Waals surface area contributed by atoms with Gasteiger partial charge in [0, 0.05) is 37.9 Å². The van der Waals surface area contributed by atoms with E-state index >= 15 is 0 Å². The summed E-state index contributed by atoms with van der Waals surface area (Å²) in [6.45, 7) is 4.70. The average molecular weight is 410 g/mol. The van der Waals surface area contributed by atoms with E-state index in [2.05, 4.69) is 9.47 Å². The first kappa shape index (κ1) is 20.6. The summed E-state index contributed by atoms with van der Waals surface area (Å²) in [4.78, 5) is 7.16. The van der Waals surface area contributed by atoms with Crippen molar-refractivity contribution in [1.29, 1.82) is 0 Å². The molecule has 1 fully saturated rings. The fourth-order valence-electron chi connectivity index (χ4n) is 4.21. The predicted molar refractivity (Wildman–Crippen MR) is 116 cm³/mol. The van der Waals surface area contributed by atoms with E-state index in [1.54, 1.807) is 19.2 Å². The molecule has 0 spiro atoms. The zero-order valence-corrected chi connectivity index (χ0v) is 17.6. The van der Waals surface area contributed by atoms with Crippen LogP contribution in [0.2, 0.25) is 0 Å². The van der Waals surface area contributed by atoms with Crippen LogP contribution in [-0.4, -0.2) is 54.9 Å². The molecule has 3 aromatic rings. The van der Waals surface area contributed by atoms with Crippen LogP contribution in [0.3, 0.4) is 0 Å². The predicted octanol–water partition coefficient (Wildman–Crippen LogP) is 4.33. The van der Waals surface area contributed by atoms with E-state index in [9.17, 15) is 4.39 Å². The fraction of sp³-hybridized carbons (Fsp3) is 0.375. The van der Waals surface area contributed by atoms with Gasteiger partial charge in [-0.1, -0.05) is 30.3 Å². The molecule has 5 nitrogen and oxygen atoms in total. The summed E-state index contributed by atoms with van der Waals surface area (Å²) in [5.74, 6) is 0.408. The number of benzene rings is 2. The molecular weight excluding hydrogens is 381 g/mol. The molecule has 1 aliphatic heterocycles. The van der Waals surface area contributed by atoms with E-state index in [1.165, 1.54) is 7.11 Å². The van der Waals surface area contributed by atoms with Crippen molar-refractivity contribution in [2.24, 2.45) is 5.92 Å². The molecule has 0 unspecified atom stereocenters. The third-order valence-electron chi connectivity index (χ3n) is 5.75. The highest BCUT2D eigenvalue weighted by atomic mass is 19.1. The van der Waals surface area contributed by atoms with E-state index in [0.29, 0.717) is 5.92 Å². The molecule has 6 heteroatoms. The van der Waals surface area contributed by atoms with E-state index < -0.39 is 0 Å². The Morgan fingerprint density at radius 1 is 1.10 bits per heavy atom. The molecule has 0 N–H and O–H groups in total.